The van der Waals surface area contributed by atoms with Crippen LogP contribution in [0.25, 0.3) is 11.1 Å². The molecule has 0 saturated heterocycles. The van der Waals surface area contributed by atoms with Gasteiger partial charge in [0.1, 0.15) is 5.75 Å². The minimum atomic E-state index is -0.347. The van der Waals surface area contributed by atoms with Gasteiger partial charge in [-0.1, -0.05) is 103 Å². The van der Waals surface area contributed by atoms with E-state index >= 15 is 0 Å². The first-order valence-electron chi connectivity index (χ1n) is 15.3. The van der Waals surface area contributed by atoms with E-state index < -0.39 is 0 Å². The third-order valence-corrected chi connectivity index (χ3v) is 7.99. The van der Waals surface area contributed by atoms with Crippen LogP contribution in [0.1, 0.15) is 117 Å². The van der Waals surface area contributed by atoms with Crippen LogP contribution in [0, 0.1) is 17.7 Å². The Morgan fingerprint density at radius 2 is 1.37 bits per heavy atom. The van der Waals surface area contributed by atoms with E-state index in [0.29, 0.717) is 18.1 Å². The van der Waals surface area contributed by atoms with E-state index in [0.717, 1.165) is 55.6 Å². The van der Waals surface area contributed by atoms with Crippen LogP contribution >= 0.6 is 0 Å². The van der Waals surface area contributed by atoms with E-state index in [1.165, 1.54) is 70.3 Å². The molecule has 1 fully saturated rings. The molecule has 0 spiro atoms. The van der Waals surface area contributed by atoms with Gasteiger partial charge in [0.25, 0.3) is 0 Å². The van der Waals surface area contributed by atoms with Crippen LogP contribution < -0.4 is 9.47 Å². The van der Waals surface area contributed by atoms with Crippen LogP contribution in [0.3, 0.4) is 0 Å². The van der Waals surface area contributed by atoms with Gasteiger partial charge >= 0.3 is 5.97 Å². The second-order valence-electron chi connectivity index (χ2n) is 11.1. The van der Waals surface area contributed by atoms with Crippen molar-refractivity contribution in [1.82, 2.24) is 0 Å². The Labute approximate surface area is 230 Å². The number of benzene rings is 2. The first kappa shape index (κ1) is 30.2. The molecule has 1 aliphatic carbocycles. The number of halogens is 1. The van der Waals surface area contributed by atoms with Crippen molar-refractivity contribution in [3.05, 3.63) is 48.3 Å². The quantitative estimate of drug-likeness (QED) is 0.117. The molecule has 0 atom stereocenters. The SMILES string of the molecule is CCCCCCCCOc1ccc(-c2ccc(OC(=O)[C@H]3CC[C@H](CCCCCCC)CC3)cc2)cc1F. The van der Waals surface area contributed by atoms with E-state index in [4.69, 9.17) is 9.47 Å². The summed E-state index contributed by atoms with van der Waals surface area (Å²) < 4.78 is 26.0. The molecule has 1 saturated carbocycles. The fourth-order valence-electron chi connectivity index (χ4n) is 5.50. The molecule has 4 heteroatoms. The number of carbonyl (C=O) groups excluding carboxylic acids is 1. The molecule has 210 valence electrons. The first-order chi connectivity index (χ1) is 18.6. The molecule has 0 N–H and O–H groups in total. The largest absolute Gasteiger partial charge is 0.491 e. The van der Waals surface area contributed by atoms with Crippen molar-refractivity contribution in [3.8, 4) is 22.6 Å². The maximum absolute atomic E-state index is 14.6. The maximum atomic E-state index is 14.6. The summed E-state index contributed by atoms with van der Waals surface area (Å²) in [7, 11) is 0. The summed E-state index contributed by atoms with van der Waals surface area (Å²) in [5.41, 5.74) is 1.66. The van der Waals surface area contributed by atoms with E-state index in [1.807, 2.05) is 18.2 Å². The van der Waals surface area contributed by atoms with Gasteiger partial charge < -0.3 is 9.47 Å². The molecule has 0 radical (unpaired) electrons. The van der Waals surface area contributed by atoms with E-state index in [1.54, 1.807) is 18.2 Å². The Balaban J connectivity index is 1.40. The Bertz CT molecular complexity index is 931. The lowest BCUT2D eigenvalue weighted by Gasteiger charge is -2.27. The van der Waals surface area contributed by atoms with Gasteiger partial charge in [-0.3, -0.25) is 4.79 Å². The third-order valence-electron chi connectivity index (χ3n) is 7.99. The van der Waals surface area contributed by atoms with Gasteiger partial charge in [-0.25, -0.2) is 4.39 Å². The smallest absolute Gasteiger partial charge is 0.314 e. The number of esters is 1. The Morgan fingerprint density at radius 3 is 2.03 bits per heavy atom. The number of rotatable bonds is 17. The van der Waals surface area contributed by atoms with Gasteiger partial charge in [-0.05, 0) is 73.4 Å². The molecule has 2 aromatic rings. The van der Waals surface area contributed by atoms with Crippen LogP contribution in [-0.2, 0) is 4.79 Å². The fourth-order valence-corrected chi connectivity index (χ4v) is 5.50. The molecule has 0 unspecified atom stereocenters. The third kappa shape index (κ3) is 10.4. The van der Waals surface area contributed by atoms with Crippen molar-refractivity contribution >= 4 is 5.97 Å². The predicted molar refractivity (Wildman–Crippen MR) is 155 cm³/mol. The standard InChI is InChI=1S/C34H49FO3/c1-3-5-7-9-11-13-25-37-33-24-21-30(26-32(33)35)28-19-22-31(23-20-28)38-34(36)29-17-15-27(16-18-29)14-12-10-8-6-4-2/h19-24,26-27,29H,3-18,25H2,1-2H3/t27-,29-. The number of ether oxygens (including phenoxy) is 2. The summed E-state index contributed by atoms with van der Waals surface area (Å²) in [6.07, 6.45) is 19.2. The van der Waals surface area contributed by atoms with Crippen molar-refractivity contribution in [3.63, 3.8) is 0 Å². The second-order valence-corrected chi connectivity index (χ2v) is 11.1. The summed E-state index contributed by atoms with van der Waals surface area (Å²) >= 11 is 0. The Morgan fingerprint density at radius 1 is 0.763 bits per heavy atom. The normalized spacial score (nSPS) is 17.3. The van der Waals surface area contributed by atoms with E-state index in [-0.39, 0.29) is 17.7 Å². The summed E-state index contributed by atoms with van der Waals surface area (Å²) in [4.78, 5) is 12.7. The van der Waals surface area contributed by atoms with Crippen LogP contribution in [0.15, 0.2) is 42.5 Å². The average Bonchev–Trinajstić information content (AvgIpc) is 2.94. The van der Waals surface area contributed by atoms with Crippen LogP contribution in [0.2, 0.25) is 0 Å². The first-order valence-corrected chi connectivity index (χ1v) is 15.3. The zero-order valence-corrected chi connectivity index (χ0v) is 23.8. The van der Waals surface area contributed by atoms with Crippen molar-refractivity contribution in [2.75, 3.05) is 6.61 Å². The number of hydrogen-bond donors (Lipinski definition) is 0. The van der Waals surface area contributed by atoms with Gasteiger partial charge in [0, 0.05) is 0 Å². The van der Waals surface area contributed by atoms with Crippen molar-refractivity contribution < 1.29 is 18.7 Å². The molecule has 0 amide bonds. The average molecular weight is 525 g/mol. The minimum Gasteiger partial charge on any atom is -0.491 e. The highest BCUT2D eigenvalue weighted by molar-refractivity contribution is 5.75. The predicted octanol–water partition coefficient (Wildman–Crippen LogP) is 10.3. The van der Waals surface area contributed by atoms with E-state index in [2.05, 4.69) is 13.8 Å². The molecule has 0 heterocycles. The van der Waals surface area contributed by atoms with Crippen LogP contribution in [-0.4, -0.2) is 12.6 Å². The molecule has 0 aliphatic heterocycles. The fraction of sp³-hybridized carbons (Fsp3) is 0.618. The Kier molecular flexibility index (Phi) is 13.7. The molecule has 2 aromatic carbocycles. The highest BCUT2D eigenvalue weighted by Gasteiger charge is 2.27. The zero-order valence-electron chi connectivity index (χ0n) is 23.8. The Hall–Kier alpha value is -2.36. The molecule has 3 nitrogen and oxygen atoms in total. The molecular weight excluding hydrogens is 475 g/mol. The lowest BCUT2D eigenvalue weighted by molar-refractivity contribution is -0.140. The van der Waals surface area contributed by atoms with Crippen molar-refractivity contribution in [2.45, 2.75) is 117 Å². The zero-order chi connectivity index (χ0) is 27.0. The molecule has 0 aromatic heterocycles. The number of carbonyl (C=O) groups is 1. The second kappa shape index (κ2) is 17.3. The minimum absolute atomic E-state index is 0.00370. The maximum Gasteiger partial charge on any atom is 0.314 e. The van der Waals surface area contributed by atoms with Gasteiger partial charge in [-0.15, -0.1) is 0 Å². The van der Waals surface area contributed by atoms with Gasteiger partial charge in [0.2, 0.25) is 0 Å². The van der Waals surface area contributed by atoms with Crippen LogP contribution in [0.5, 0.6) is 11.5 Å². The summed E-state index contributed by atoms with van der Waals surface area (Å²) in [6.45, 7) is 5.01. The number of hydrogen-bond acceptors (Lipinski definition) is 3. The van der Waals surface area contributed by atoms with Crippen LogP contribution in [0.4, 0.5) is 4.39 Å². The molecule has 38 heavy (non-hydrogen) atoms. The monoisotopic (exact) mass is 524 g/mol. The topological polar surface area (TPSA) is 35.5 Å². The summed E-state index contributed by atoms with van der Waals surface area (Å²) in [5, 5.41) is 0. The number of unbranched alkanes of at least 4 members (excludes halogenated alkanes) is 9. The lowest BCUT2D eigenvalue weighted by Crippen LogP contribution is -2.25. The van der Waals surface area contributed by atoms with Gasteiger partial charge in [0.05, 0.1) is 12.5 Å². The van der Waals surface area contributed by atoms with Crippen molar-refractivity contribution in [2.24, 2.45) is 11.8 Å². The summed E-state index contributed by atoms with van der Waals surface area (Å²) in [5.74, 6) is 1.17. The van der Waals surface area contributed by atoms with Gasteiger partial charge in [-0.2, -0.15) is 0 Å². The highest BCUT2D eigenvalue weighted by Crippen LogP contribution is 2.33. The summed E-state index contributed by atoms with van der Waals surface area (Å²) in [6, 6.07) is 12.5. The highest BCUT2D eigenvalue weighted by atomic mass is 19.1. The van der Waals surface area contributed by atoms with Crippen molar-refractivity contribution in [1.29, 1.82) is 0 Å². The molecule has 1 aliphatic rings. The van der Waals surface area contributed by atoms with Gasteiger partial charge in [0.15, 0.2) is 11.6 Å². The van der Waals surface area contributed by atoms with E-state index in [9.17, 15) is 9.18 Å². The molecule has 3 rings (SSSR count). The molecular formula is C34H49FO3. The lowest BCUT2D eigenvalue weighted by atomic mass is 9.80. The molecule has 0 bridgehead atoms.